The molecule has 3 atom stereocenters. The van der Waals surface area contributed by atoms with Crippen LogP contribution in [0.1, 0.15) is 40.6 Å². The van der Waals surface area contributed by atoms with Crippen molar-refractivity contribution in [2.24, 2.45) is 5.92 Å². The first-order valence-electron chi connectivity index (χ1n) is 11.1. The van der Waals surface area contributed by atoms with Gasteiger partial charge in [0.2, 0.25) is 0 Å². The van der Waals surface area contributed by atoms with Crippen LogP contribution >= 0.6 is 0 Å². The van der Waals surface area contributed by atoms with Crippen molar-refractivity contribution in [3.63, 3.8) is 0 Å². The molecule has 0 aromatic heterocycles. The molecule has 1 aliphatic carbocycles. The van der Waals surface area contributed by atoms with Gasteiger partial charge in [0.05, 0.1) is 27.1 Å². The molecule has 1 heterocycles. The van der Waals surface area contributed by atoms with Crippen LogP contribution in [0.2, 0.25) is 0 Å². The zero-order chi connectivity index (χ0) is 24.0. The van der Waals surface area contributed by atoms with E-state index in [0.29, 0.717) is 11.3 Å². The van der Waals surface area contributed by atoms with Crippen molar-refractivity contribution in [1.29, 1.82) is 0 Å². The zero-order valence-electron chi connectivity index (χ0n) is 18.9. The SMILES string of the molecule is Cc1ccc(NS(=O)(=O)c2ccc3c(c2)[C@H]2C=CC[C@H]2[C@@H](c2ccccc2[N+](=O)[O-])N3)c(C)c1. The molecule has 0 radical (unpaired) electrons. The van der Waals surface area contributed by atoms with Crippen LogP contribution in [0, 0.1) is 29.9 Å². The predicted octanol–water partition coefficient (Wildman–Crippen LogP) is 5.84. The molecule has 0 saturated heterocycles. The lowest BCUT2D eigenvalue weighted by molar-refractivity contribution is -0.385. The number of aryl methyl sites for hydroxylation is 2. The minimum absolute atomic E-state index is 0.0303. The molecule has 0 amide bonds. The summed E-state index contributed by atoms with van der Waals surface area (Å²) < 4.78 is 29.1. The highest BCUT2D eigenvalue weighted by atomic mass is 32.2. The van der Waals surface area contributed by atoms with E-state index >= 15 is 0 Å². The summed E-state index contributed by atoms with van der Waals surface area (Å²) in [5, 5.41) is 15.1. The predicted molar refractivity (Wildman–Crippen MR) is 133 cm³/mol. The largest absolute Gasteiger partial charge is 0.377 e. The molecule has 0 bridgehead atoms. The highest BCUT2D eigenvalue weighted by Crippen LogP contribution is 2.51. The maximum absolute atomic E-state index is 13.2. The number of nitro benzene ring substituents is 1. The normalized spacial score (nSPS) is 20.8. The third kappa shape index (κ3) is 3.84. The molecule has 5 rings (SSSR count). The van der Waals surface area contributed by atoms with Gasteiger partial charge in [0.1, 0.15) is 0 Å². The lowest BCUT2D eigenvalue weighted by Gasteiger charge is -2.37. The van der Waals surface area contributed by atoms with E-state index in [0.717, 1.165) is 28.8 Å². The molecule has 0 saturated carbocycles. The Morgan fingerprint density at radius 1 is 1.03 bits per heavy atom. The van der Waals surface area contributed by atoms with Crippen molar-refractivity contribution in [2.45, 2.75) is 37.1 Å². The third-order valence-electron chi connectivity index (χ3n) is 6.74. The number of hydrogen-bond acceptors (Lipinski definition) is 5. The van der Waals surface area contributed by atoms with E-state index in [1.165, 1.54) is 6.07 Å². The van der Waals surface area contributed by atoms with Gasteiger partial charge < -0.3 is 5.32 Å². The number of nitro groups is 1. The van der Waals surface area contributed by atoms with E-state index in [4.69, 9.17) is 0 Å². The van der Waals surface area contributed by atoms with Crippen LogP contribution in [-0.4, -0.2) is 13.3 Å². The van der Waals surface area contributed by atoms with Crippen LogP contribution < -0.4 is 10.0 Å². The maximum Gasteiger partial charge on any atom is 0.274 e. The van der Waals surface area contributed by atoms with Gasteiger partial charge in [0, 0.05) is 17.7 Å². The topological polar surface area (TPSA) is 101 Å². The second kappa shape index (κ2) is 8.29. The molecule has 0 unspecified atom stereocenters. The quantitative estimate of drug-likeness (QED) is 0.274. The fourth-order valence-electron chi connectivity index (χ4n) is 5.10. The van der Waals surface area contributed by atoms with Gasteiger partial charge in [-0.2, -0.15) is 0 Å². The van der Waals surface area contributed by atoms with E-state index in [1.54, 1.807) is 36.4 Å². The van der Waals surface area contributed by atoms with E-state index in [1.807, 2.05) is 32.0 Å². The van der Waals surface area contributed by atoms with Gasteiger partial charge in [0.25, 0.3) is 15.7 Å². The zero-order valence-corrected chi connectivity index (χ0v) is 19.7. The van der Waals surface area contributed by atoms with Crippen LogP contribution in [0.25, 0.3) is 0 Å². The van der Waals surface area contributed by atoms with E-state index in [2.05, 4.69) is 22.2 Å². The molecule has 3 aromatic rings. The summed E-state index contributed by atoms with van der Waals surface area (Å²) in [6.45, 7) is 3.84. The number of allylic oxidation sites excluding steroid dienone is 2. The smallest absolute Gasteiger partial charge is 0.274 e. The number of hydrogen-bond donors (Lipinski definition) is 2. The Labute approximate surface area is 198 Å². The number of nitrogens with one attached hydrogen (secondary N) is 2. The molecule has 0 spiro atoms. The number of benzene rings is 3. The van der Waals surface area contributed by atoms with Gasteiger partial charge in [-0.25, -0.2) is 8.42 Å². The average Bonchev–Trinajstić information content (AvgIpc) is 3.30. The lowest BCUT2D eigenvalue weighted by Crippen LogP contribution is -2.30. The molecular formula is C26H25N3O4S. The van der Waals surface area contributed by atoms with Gasteiger partial charge in [-0.05, 0) is 61.6 Å². The third-order valence-corrected chi connectivity index (χ3v) is 8.10. The second-order valence-corrected chi connectivity index (χ2v) is 10.6. The minimum atomic E-state index is -3.79. The Balaban J connectivity index is 1.51. The van der Waals surface area contributed by atoms with Crippen molar-refractivity contribution >= 4 is 27.1 Å². The Kier molecular flexibility index (Phi) is 5.40. The first kappa shape index (κ1) is 22.2. The summed E-state index contributed by atoms with van der Waals surface area (Å²) in [5.41, 5.74) is 4.88. The number of nitrogens with zero attached hydrogens (tertiary/aromatic N) is 1. The van der Waals surface area contributed by atoms with Gasteiger partial charge >= 0.3 is 0 Å². The van der Waals surface area contributed by atoms with Gasteiger partial charge in [-0.15, -0.1) is 0 Å². The average molecular weight is 476 g/mol. The molecule has 34 heavy (non-hydrogen) atoms. The number of para-hydroxylation sites is 1. The van der Waals surface area contributed by atoms with Crippen molar-refractivity contribution in [1.82, 2.24) is 0 Å². The standard InChI is InChI=1S/C26H25N3O4S/c1-16-10-12-23(17(2)14-16)28-34(32,33)18-11-13-24-22(15-18)19-7-5-8-20(19)26(27-24)21-6-3-4-9-25(21)29(30)31/h3-7,9-15,19-20,26-28H,8H2,1-2H3/t19-,20+,26-/m0/s1. The van der Waals surface area contributed by atoms with Crippen molar-refractivity contribution < 1.29 is 13.3 Å². The molecular weight excluding hydrogens is 450 g/mol. The Morgan fingerprint density at radius 2 is 1.82 bits per heavy atom. The van der Waals surface area contributed by atoms with Crippen LogP contribution in [0.5, 0.6) is 0 Å². The molecule has 174 valence electrons. The van der Waals surface area contributed by atoms with Gasteiger partial charge in [0.15, 0.2) is 0 Å². The molecule has 3 aromatic carbocycles. The van der Waals surface area contributed by atoms with E-state index in [-0.39, 0.29) is 33.4 Å². The summed E-state index contributed by atoms with van der Waals surface area (Å²) in [6, 6.07) is 17.2. The van der Waals surface area contributed by atoms with Crippen molar-refractivity contribution in [2.75, 3.05) is 10.0 Å². The second-order valence-electron chi connectivity index (χ2n) is 8.96. The van der Waals surface area contributed by atoms with Crippen LogP contribution in [-0.2, 0) is 10.0 Å². The van der Waals surface area contributed by atoms with Gasteiger partial charge in [-0.3, -0.25) is 14.8 Å². The molecule has 2 aliphatic rings. The highest BCUT2D eigenvalue weighted by Gasteiger charge is 2.40. The van der Waals surface area contributed by atoms with E-state index in [9.17, 15) is 18.5 Å². The monoisotopic (exact) mass is 475 g/mol. The van der Waals surface area contributed by atoms with Crippen LogP contribution in [0.4, 0.5) is 17.1 Å². The first-order chi connectivity index (χ1) is 16.2. The molecule has 0 fully saturated rings. The summed E-state index contributed by atoms with van der Waals surface area (Å²) in [4.78, 5) is 11.5. The van der Waals surface area contributed by atoms with Crippen molar-refractivity contribution in [3.8, 4) is 0 Å². The number of sulfonamides is 1. The van der Waals surface area contributed by atoms with Gasteiger partial charge in [-0.1, -0.05) is 48.0 Å². The fourth-order valence-corrected chi connectivity index (χ4v) is 6.26. The lowest BCUT2D eigenvalue weighted by atomic mass is 9.76. The summed E-state index contributed by atoms with van der Waals surface area (Å²) in [5.74, 6) is 0.0242. The minimum Gasteiger partial charge on any atom is -0.377 e. The van der Waals surface area contributed by atoms with Crippen LogP contribution in [0.15, 0.2) is 77.7 Å². The number of anilines is 2. The van der Waals surface area contributed by atoms with Crippen LogP contribution in [0.3, 0.4) is 0 Å². The number of rotatable bonds is 5. The molecule has 8 heteroatoms. The first-order valence-corrected chi connectivity index (χ1v) is 12.6. The molecule has 7 nitrogen and oxygen atoms in total. The summed E-state index contributed by atoms with van der Waals surface area (Å²) in [7, 11) is -3.79. The highest BCUT2D eigenvalue weighted by molar-refractivity contribution is 7.92. The van der Waals surface area contributed by atoms with Crippen molar-refractivity contribution in [3.05, 3.63) is 105 Å². The Hall–Kier alpha value is -3.65. The molecule has 1 aliphatic heterocycles. The van der Waals surface area contributed by atoms with E-state index < -0.39 is 10.0 Å². The fraction of sp³-hybridized carbons (Fsp3) is 0.231. The molecule has 2 N–H and O–H groups in total. The Morgan fingerprint density at radius 3 is 2.59 bits per heavy atom. The summed E-state index contributed by atoms with van der Waals surface area (Å²) in [6.07, 6.45) is 4.91. The number of fused-ring (bicyclic) bond motifs is 3. The maximum atomic E-state index is 13.2. The Bertz CT molecular complexity index is 1430. The summed E-state index contributed by atoms with van der Waals surface area (Å²) >= 11 is 0.